The van der Waals surface area contributed by atoms with Crippen LogP contribution in [0.15, 0.2) is 41.9 Å². The van der Waals surface area contributed by atoms with Crippen LogP contribution in [0.25, 0.3) is 6.08 Å². The van der Waals surface area contributed by atoms with Crippen LogP contribution >= 0.6 is 11.3 Å². The number of carbonyl (C=O) groups excluding carboxylic acids is 2. The van der Waals surface area contributed by atoms with E-state index in [0.29, 0.717) is 18.7 Å². The van der Waals surface area contributed by atoms with Gasteiger partial charge in [-0.3, -0.25) is 9.59 Å². The van der Waals surface area contributed by atoms with Crippen molar-refractivity contribution in [2.75, 3.05) is 19.0 Å². The van der Waals surface area contributed by atoms with Crippen molar-refractivity contribution < 1.29 is 14.3 Å². The van der Waals surface area contributed by atoms with Crippen molar-refractivity contribution in [2.24, 2.45) is 0 Å². The maximum Gasteiger partial charge on any atom is 0.247 e. The number of benzene rings is 1. The van der Waals surface area contributed by atoms with E-state index in [-0.39, 0.29) is 11.8 Å². The highest BCUT2D eigenvalue weighted by molar-refractivity contribution is 7.10. The third-order valence-electron chi connectivity index (χ3n) is 4.02. The van der Waals surface area contributed by atoms with Crippen LogP contribution in [-0.2, 0) is 9.59 Å². The quantitative estimate of drug-likeness (QED) is 0.835. The molecule has 1 aliphatic heterocycles. The SMILES string of the molecule is COc1ccc(NC(=O)[C@@H]2CCCN2C(=O)/C=C/c2nccs2)cc1. The largest absolute Gasteiger partial charge is 0.497 e. The molecule has 25 heavy (non-hydrogen) atoms. The van der Waals surface area contributed by atoms with Crippen molar-refractivity contribution >= 4 is 34.9 Å². The van der Waals surface area contributed by atoms with Crippen molar-refractivity contribution in [3.63, 3.8) is 0 Å². The van der Waals surface area contributed by atoms with Gasteiger partial charge in [0.15, 0.2) is 0 Å². The molecule has 1 saturated heterocycles. The monoisotopic (exact) mass is 357 g/mol. The van der Waals surface area contributed by atoms with Crippen LogP contribution in [0, 0.1) is 0 Å². The second-order valence-corrected chi connectivity index (χ2v) is 6.54. The summed E-state index contributed by atoms with van der Waals surface area (Å²) < 4.78 is 5.10. The summed E-state index contributed by atoms with van der Waals surface area (Å²) in [4.78, 5) is 30.7. The van der Waals surface area contributed by atoms with Gasteiger partial charge < -0.3 is 15.0 Å². The van der Waals surface area contributed by atoms with Crippen LogP contribution in [0.5, 0.6) is 5.75 Å². The maximum atomic E-state index is 12.5. The Morgan fingerprint density at radius 2 is 2.16 bits per heavy atom. The number of hydrogen-bond donors (Lipinski definition) is 1. The summed E-state index contributed by atoms with van der Waals surface area (Å²) >= 11 is 1.46. The van der Waals surface area contributed by atoms with Crippen LogP contribution in [0.3, 0.4) is 0 Å². The van der Waals surface area contributed by atoms with Crippen LogP contribution in [0.1, 0.15) is 17.8 Å². The number of ether oxygens (including phenoxy) is 1. The molecule has 7 heteroatoms. The van der Waals surface area contributed by atoms with Crippen LogP contribution < -0.4 is 10.1 Å². The van der Waals surface area contributed by atoms with Gasteiger partial charge in [0, 0.05) is 29.9 Å². The Balaban J connectivity index is 1.63. The smallest absolute Gasteiger partial charge is 0.247 e. The molecule has 130 valence electrons. The molecule has 2 amide bonds. The van der Waals surface area contributed by atoms with E-state index in [1.165, 1.54) is 17.4 Å². The first-order valence-corrected chi connectivity index (χ1v) is 8.88. The average Bonchev–Trinajstić information content (AvgIpc) is 3.32. The van der Waals surface area contributed by atoms with Gasteiger partial charge in [-0.2, -0.15) is 0 Å². The molecule has 2 aromatic rings. The topological polar surface area (TPSA) is 71.5 Å². The Bertz CT molecular complexity index is 756. The lowest BCUT2D eigenvalue weighted by atomic mass is 10.2. The highest BCUT2D eigenvalue weighted by Crippen LogP contribution is 2.21. The van der Waals surface area contributed by atoms with Crippen molar-refractivity contribution in [1.29, 1.82) is 0 Å². The van der Waals surface area contributed by atoms with Crippen molar-refractivity contribution in [2.45, 2.75) is 18.9 Å². The number of anilines is 1. The minimum Gasteiger partial charge on any atom is -0.497 e. The van der Waals surface area contributed by atoms with E-state index in [2.05, 4.69) is 10.3 Å². The molecule has 0 saturated carbocycles. The first-order valence-electron chi connectivity index (χ1n) is 8.00. The lowest BCUT2D eigenvalue weighted by molar-refractivity contribution is -0.132. The predicted octanol–water partition coefficient (Wildman–Crippen LogP) is 2.79. The fraction of sp³-hybridized carbons (Fsp3) is 0.278. The second kappa shape index (κ2) is 7.94. The number of methoxy groups -OCH3 is 1. The zero-order valence-corrected chi connectivity index (χ0v) is 14.7. The van der Waals surface area contributed by atoms with E-state index < -0.39 is 6.04 Å². The van der Waals surface area contributed by atoms with E-state index in [4.69, 9.17) is 4.74 Å². The minimum atomic E-state index is -0.449. The number of carbonyl (C=O) groups is 2. The summed E-state index contributed by atoms with van der Waals surface area (Å²) in [5, 5.41) is 5.49. The fourth-order valence-electron chi connectivity index (χ4n) is 2.76. The Kier molecular flexibility index (Phi) is 5.45. The molecule has 1 atom stereocenters. The zero-order chi connectivity index (χ0) is 17.6. The molecule has 0 spiro atoms. The van der Waals surface area contributed by atoms with E-state index >= 15 is 0 Å². The lowest BCUT2D eigenvalue weighted by Gasteiger charge is -2.22. The predicted molar refractivity (Wildman–Crippen MR) is 97.5 cm³/mol. The number of amides is 2. The summed E-state index contributed by atoms with van der Waals surface area (Å²) in [7, 11) is 1.59. The van der Waals surface area contributed by atoms with E-state index in [1.807, 2.05) is 5.38 Å². The minimum absolute atomic E-state index is 0.164. The van der Waals surface area contributed by atoms with Gasteiger partial charge in [0.2, 0.25) is 11.8 Å². The fourth-order valence-corrected chi connectivity index (χ4v) is 3.29. The number of nitrogens with one attached hydrogen (secondary N) is 1. The molecule has 1 aliphatic rings. The number of thiazole rings is 1. The molecule has 0 aliphatic carbocycles. The number of aromatic nitrogens is 1. The molecule has 1 fully saturated rings. The Labute approximate surface area is 150 Å². The molecule has 6 nitrogen and oxygen atoms in total. The molecule has 1 N–H and O–H groups in total. The molecule has 1 aromatic heterocycles. The van der Waals surface area contributed by atoms with E-state index in [0.717, 1.165) is 17.2 Å². The highest BCUT2D eigenvalue weighted by atomic mass is 32.1. The summed E-state index contributed by atoms with van der Waals surface area (Å²) in [6.45, 7) is 0.585. The number of nitrogens with zero attached hydrogens (tertiary/aromatic N) is 2. The Hall–Kier alpha value is -2.67. The van der Waals surface area contributed by atoms with Crippen molar-refractivity contribution in [1.82, 2.24) is 9.88 Å². The molecule has 1 aromatic carbocycles. The van der Waals surface area contributed by atoms with Crippen LogP contribution in [0.4, 0.5) is 5.69 Å². The second-order valence-electron chi connectivity index (χ2n) is 5.61. The zero-order valence-electron chi connectivity index (χ0n) is 13.8. The summed E-state index contributed by atoms with van der Waals surface area (Å²) in [5.74, 6) is 0.393. The van der Waals surface area contributed by atoms with Crippen LogP contribution in [0.2, 0.25) is 0 Å². The number of rotatable bonds is 5. The molecule has 3 rings (SSSR count). The van der Waals surface area contributed by atoms with Crippen LogP contribution in [-0.4, -0.2) is 41.4 Å². The van der Waals surface area contributed by atoms with Gasteiger partial charge in [0.25, 0.3) is 0 Å². The first-order chi connectivity index (χ1) is 12.2. The van der Waals surface area contributed by atoms with Gasteiger partial charge in [-0.1, -0.05) is 0 Å². The standard InChI is InChI=1S/C18H19N3O3S/c1-24-14-6-4-13(5-7-14)20-18(23)15-3-2-11-21(15)17(22)9-8-16-19-10-12-25-16/h4-10,12,15H,2-3,11H2,1H3,(H,20,23)/b9-8+/t15-/m0/s1. The van der Waals surface area contributed by atoms with Gasteiger partial charge in [0.1, 0.15) is 16.8 Å². The normalized spacial score (nSPS) is 17.0. The average molecular weight is 357 g/mol. The number of likely N-dealkylation sites (tertiary alicyclic amines) is 1. The maximum absolute atomic E-state index is 12.5. The third kappa shape index (κ3) is 4.24. The molecule has 0 unspecified atom stereocenters. The van der Waals surface area contributed by atoms with E-state index in [9.17, 15) is 9.59 Å². The molecule has 2 heterocycles. The van der Waals surface area contributed by atoms with Gasteiger partial charge in [0.05, 0.1) is 7.11 Å². The molecular weight excluding hydrogens is 338 g/mol. The summed E-state index contributed by atoms with van der Waals surface area (Å²) in [6.07, 6.45) is 6.34. The number of hydrogen-bond acceptors (Lipinski definition) is 5. The van der Waals surface area contributed by atoms with Crippen molar-refractivity contribution in [3.8, 4) is 5.75 Å². The van der Waals surface area contributed by atoms with Gasteiger partial charge >= 0.3 is 0 Å². The van der Waals surface area contributed by atoms with Gasteiger partial charge in [-0.05, 0) is 43.2 Å². The molecule has 0 bridgehead atoms. The van der Waals surface area contributed by atoms with Crippen molar-refractivity contribution in [3.05, 3.63) is 46.9 Å². The molecular formula is C18H19N3O3S. The third-order valence-corrected chi connectivity index (χ3v) is 4.76. The molecule has 0 radical (unpaired) electrons. The summed E-state index contributed by atoms with van der Waals surface area (Å²) in [6, 6.07) is 6.67. The Morgan fingerprint density at radius 1 is 1.36 bits per heavy atom. The van der Waals surface area contributed by atoms with Gasteiger partial charge in [-0.25, -0.2) is 4.98 Å². The highest BCUT2D eigenvalue weighted by Gasteiger charge is 2.33. The lowest BCUT2D eigenvalue weighted by Crippen LogP contribution is -2.42. The van der Waals surface area contributed by atoms with Gasteiger partial charge in [-0.15, -0.1) is 11.3 Å². The Morgan fingerprint density at radius 3 is 2.84 bits per heavy atom. The van der Waals surface area contributed by atoms with E-state index in [1.54, 1.807) is 48.5 Å². The first kappa shape index (κ1) is 17.2. The summed E-state index contributed by atoms with van der Waals surface area (Å²) in [5.41, 5.74) is 0.684.